The zero-order chi connectivity index (χ0) is 21.0. The summed E-state index contributed by atoms with van der Waals surface area (Å²) in [5.74, 6) is -1.34. The topological polar surface area (TPSA) is 82.0 Å². The molecular formula is C23H27N3O3. The van der Waals surface area contributed by atoms with Gasteiger partial charge in [0.25, 0.3) is 5.91 Å². The van der Waals surface area contributed by atoms with E-state index in [2.05, 4.69) is 10.3 Å². The Kier molecular flexibility index (Phi) is 6.44. The number of para-hydroxylation sites is 1. The van der Waals surface area contributed by atoms with Crippen molar-refractivity contribution in [3.63, 3.8) is 0 Å². The number of amides is 2. The molecule has 1 aliphatic heterocycles. The number of aliphatic hydroxyl groups is 1. The monoisotopic (exact) mass is 393 g/mol. The summed E-state index contributed by atoms with van der Waals surface area (Å²) in [6.45, 7) is 3.61. The number of nitrogens with one attached hydrogen (secondary N) is 1. The van der Waals surface area contributed by atoms with Crippen molar-refractivity contribution in [2.75, 3.05) is 11.9 Å². The van der Waals surface area contributed by atoms with Crippen molar-refractivity contribution < 1.29 is 14.7 Å². The molecule has 3 unspecified atom stereocenters. The third-order valence-corrected chi connectivity index (χ3v) is 5.24. The van der Waals surface area contributed by atoms with Crippen molar-refractivity contribution in [1.29, 1.82) is 0 Å². The smallest absolute Gasteiger partial charge is 0.272 e. The second kappa shape index (κ2) is 9.01. The van der Waals surface area contributed by atoms with E-state index in [0.717, 1.165) is 23.2 Å². The number of carbonyl (C=O) groups excluding carboxylic acids is 2. The van der Waals surface area contributed by atoms with Crippen molar-refractivity contribution in [2.45, 2.75) is 39.0 Å². The zero-order valence-electron chi connectivity index (χ0n) is 17.0. The second-order valence-corrected chi connectivity index (χ2v) is 7.31. The summed E-state index contributed by atoms with van der Waals surface area (Å²) < 4.78 is 0. The van der Waals surface area contributed by atoms with Gasteiger partial charge in [0.1, 0.15) is 0 Å². The van der Waals surface area contributed by atoms with Crippen molar-refractivity contribution in [2.24, 2.45) is 10.9 Å². The van der Waals surface area contributed by atoms with Crippen LogP contribution in [-0.4, -0.2) is 41.9 Å². The van der Waals surface area contributed by atoms with E-state index in [-0.39, 0.29) is 11.8 Å². The van der Waals surface area contributed by atoms with Gasteiger partial charge in [-0.1, -0.05) is 68.8 Å². The summed E-state index contributed by atoms with van der Waals surface area (Å²) in [5.41, 5.74) is 3.06. The maximum absolute atomic E-state index is 13.1. The third-order valence-electron chi connectivity index (χ3n) is 5.24. The molecule has 3 atom stereocenters. The van der Waals surface area contributed by atoms with Gasteiger partial charge in [0, 0.05) is 18.2 Å². The Labute approximate surface area is 171 Å². The minimum Gasteiger partial charge on any atom is -0.392 e. The Bertz CT molecular complexity index is 911. The van der Waals surface area contributed by atoms with Gasteiger partial charge in [-0.05, 0) is 12.5 Å². The van der Waals surface area contributed by atoms with Crippen LogP contribution >= 0.6 is 0 Å². The molecule has 2 aromatic carbocycles. The quantitative estimate of drug-likeness (QED) is 0.792. The molecule has 1 aliphatic rings. The molecule has 0 saturated carbocycles. The normalized spacial score (nSPS) is 18.3. The summed E-state index contributed by atoms with van der Waals surface area (Å²) in [6.07, 6.45) is -0.521. The molecule has 29 heavy (non-hydrogen) atoms. The number of benzodiazepines with no additional fused rings is 1. The molecule has 0 aliphatic carbocycles. The lowest BCUT2D eigenvalue weighted by Gasteiger charge is -2.23. The highest BCUT2D eigenvalue weighted by Crippen LogP contribution is 2.27. The maximum atomic E-state index is 13.1. The summed E-state index contributed by atoms with van der Waals surface area (Å²) in [7, 11) is 1.68. The van der Waals surface area contributed by atoms with Gasteiger partial charge in [0.05, 0.1) is 23.4 Å². The molecule has 2 amide bonds. The van der Waals surface area contributed by atoms with E-state index >= 15 is 0 Å². The Morgan fingerprint density at radius 3 is 2.52 bits per heavy atom. The standard InChI is InChI=1S/C23H27N3O3/c1-4-10-19(27)15(2)22(28)25-21-23(29)26(3)18-14-9-8-13-17(18)20(24-21)16-11-6-5-7-12-16/h5-9,11-15,19,21,27H,4,10H2,1-3H3,(H,25,28). The molecule has 0 saturated heterocycles. The molecule has 3 rings (SSSR count). The molecule has 0 fully saturated rings. The lowest BCUT2D eigenvalue weighted by atomic mass is 10.00. The molecule has 6 nitrogen and oxygen atoms in total. The summed E-state index contributed by atoms with van der Waals surface area (Å²) >= 11 is 0. The lowest BCUT2D eigenvalue weighted by Crippen LogP contribution is -2.49. The third kappa shape index (κ3) is 4.38. The minimum atomic E-state index is -1.06. The minimum absolute atomic E-state index is 0.325. The van der Waals surface area contributed by atoms with E-state index in [0.29, 0.717) is 12.1 Å². The Morgan fingerprint density at radius 2 is 1.83 bits per heavy atom. The fourth-order valence-electron chi connectivity index (χ4n) is 3.43. The Balaban J connectivity index is 2.00. The predicted molar refractivity (Wildman–Crippen MR) is 114 cm³/mol. The van der Waals surface area contributed by atoms with Crippen LogP contribution in [0.2, 0.25) is 0 Å². The average molecular weight is 393 g/mol. The summed E-state index contributed by atoms with van der Waals surface area (Å²) in [6, 6.07) is 17.1. The highest BCUT2D eigenvalue weighted by atomic mass is 16.3. The average Bonchev–Trinajstić information content (AvgIpc) is 2.84. The number of likely N-dealkylation sites (N-methyl/N-ethyl adjacent to an activating group) is 1. The van der Waals surface area contributed by atoms with E-state index in [1.54, 1.807) is 14.0 Å². The highest BCUT2D eigenvalue weighted by Gasteiger charge is 2.32. The van der Waals surface area contributed by atoms with Gasteiger partial charge in [-0.15, -0.1) is 0 Å². The number of benzene rings is 2. The number of aliphatic hydroxyl groups excluding tert-OH is 1. The van der Waals surface area contributed by atoms with Crippen molar-refractivity contribution in [3.8, 4) is 0 Å². The first-order valence-corrected chi connectivity index (χ1v) is 9.92. The predicted octanol–water partition coefficient (Wildman–Crippen LogP) is 2.74. The molecule has 2 N–H and O–H groups in total. The first-order chi connectivity index (χ1) is 13.9. The van der Waals surface area contributed by atoms with E-state index in [9.17, 15) is 14.7 Å². The number of hydrogen-bond acceptors (Lipinski definition) is 4. The number of nitrogens with zero attached hydrogens (tertiary/aromatic N) is 2. The number of fused-ring (bicyclic) bond motifs is 1. The number of anilines is 1. The van der Waals surface area contributed by atoms with Crippen LogP contribution in [0.3, 0.4) is 0 Å². The zero-order valence-corrected chi connectivity index (χ0v) is 17.0. The first kappa shape index (κ1) is 20.7. The Morgan fingerprint density at radius 1 is 1.17 bits per heavy atom. The lowest BCUT2D eigenvalue weighted by molar-refractivity contribution is -0.132. The van der Waals surface area contributed by atoms with Gasteiger partial charge in [-0.3, -0.25) is 9.59 Å². The molecule has 6 heteroatoms. The van der Waals surface area contributed by atoms with Crippen LogP contribution in [0.25, 0.3) is 0 Å². The van der Waals surface area contributed by atoms with Gasteiger partial charge in [0.15, 0.2) is 0 Å². The molecule has 0 spiro atoms. The van der Waals surface area contributed by atoms with Gasteiger partial charge >= 0.3 is 0 Å². The number of aliphatic imine (C=N–C) groups is 1. The highest BCUT2D eigenvalue weighted by molar-refractivity contribution is 6.20. The van der Waals surface area contributed by atoms with E-state index in [4.69, 9.17) is 0 Å². The van der Waals surface area contributed by atoms with Crippen molar-refractivity contribution in [1.82, 2.24) is 5.32 Å². The van der Waals surface area contributed by atoms with Crippen LogP contribution in [0.1, 0.15) is 37.8 Å². The van der Waals surface area contributed by atoms with Gasteiger partial charge in [0.2, 0.25) is 12.1 Å². The van der Waals surface area contributed by atoms with Crippen LogP contribution in [0.4, 0.5) is 5.69 Å². The molecule has 2 aromatic rings. The van der Waals surface area contributed by atoms with Gasteiger partial charge in [-0.25, -0.2) is 4.99 Å². The maximum Gasteiger partial charge on any atom is 0.272 e. The van der Waals surface area contributed by atoms with Crippen LogP contribution in [-0.2, 0) is 9.59 Å². The van der Waals surface area contributed by atoms with Crippen molar-refractivity contribution >= 4 is 23.2 Å². The fourth-order valence-corrected chi connectivity index (χ4v) is 3.43. The Hall–Kier alpha value is -2.99. The van der Waals surface area contributed by atoms with Crippen LogP contribution in [0.15, 0.2) is 59.6 Å². The molecule has 1 heterocycles. The second-order valence-electron chi connectivity index (χ2n) is 7.31. The molecular weight excluding hydrogens is 366 g/mol. The van der Waals surface area contributed by atoms with Crippen molar-refractivity contribution in [3.05, 3.63) is 65.7 Å². The van der Waals surface area contributed by atoms with E-state index < -0.39 is 18.2 Å². The molecule has 152 valence electrons. The van der Waals surface area contributed by atoms with Crippen LogP contribution < -0.4 is 10.2 Å². The first-order valence-electron chi connectivity index (χ1n) is 9.92. The van der Waals surface area contributed by atoms with E-state index in [1.807, 2.05) is 61.5 Å². The SMILES string of the molecule is CCCC(O)C(C)C(=O)NC1N=C(c2ccccc2)c2ccccc2N(C)C1=O. The van der Waals surface area contributed by atoms with Crippen LogP contribution in [0, 0.1) is 5.92 Å². The van der Waals surface area contributed by atoms with Crippen LogP contribution in [0.5, 0.6) is 0 Å². The summed E-state index contributed by atoms with van der Waals surface area (Å²) in [5, 5.41) is 12.9. The van der Waals surface area contributed by atoms with Gasteiger partial charge in [-0.2, -0.15) is 0 Å². The molecule has 0 aromatic heterocycles. The van der Waals surface area contributed by atoms with Gasteiger partial charge < -0.3 is 15.3 Å². The largest absolute Gasteiger partial charge is 0.392 e. The van der Waals surface area contributed by atoms with E-state index in [1.165, 1.54) is 4.90 Å². The fraction of sp³-hybridized carbons (Fsp3) is 0.348. The molecule has 0 bridgehead atoms. The summed E-state index contributed by atoms with van der Waals surface area (Å²) in [4.78, 5) is 32.0. The number of hydrogen-bond donors (Lipinski definition) is 2. The number of rotatable bonds is 6. The molecule has 0 radical (unpaired) electrons. The number of carbonyl (C=O) groups is 2.